The minimum absolute atomic E-state index is 0.300. The van der Waals surface area contributed by atoms with Gasteiger partial charge in [0.15, 0.2) is 0 Å². The average Bonchev–Trinajstić information content (AvgIpc) is 1.98. The lowest BCUT2D eigenvalue weighted by Crippen LogP contribution is -2.34. The first-order chi connectivity index (χ1) is 6.50. The summed E-state index contributed by atoms with van der Waals surface area (Å²) in [5.74, 6) is -0.533. The first kappa shape index (κ1) is 16.8. The third kappa shape index (κ3) is 9.69. The van der Waals surface area contributed by atoms with Gasteiger partial charge in [-0.3, -0.25) is 4.79 Å². The minimum Gasteiger partial charge on any atom is -0.481 e. The maximum absolute atomic E-state index is 9.67. The molecule has 0 radical (unpaired) electrons. The van der Waals surface area contributed by atoms with Crippen molar-refractivity contribution >= 4 is 14.0 Å². The monoisotopic (exact) mass is 232 g/mol. The Hall–Kier alpha value is -0.613. The Morgan fingerprint density at radius 1 is 1.27 bits per heavy atom. The van der Waals surface area contributed by atoms with Gasteiger partial charge in [-0.25, -0.2) is 0 Å². The highest BCUT2D eigenvalue weighted by molar-refractivity contribution is 6.83. The Labute approximate surface area is 93.8 Å². The molecule has 4 heteroatoms. The van der Waals surface area contributed by atoms with Gasteiger partial charge >= 0.3 is 0 Å². The summed E-state index contributed by atoms with van der Waals surface area (Å²) in [5, 5.41) is 18.1. The molecule has 0 saturated heterocycles. The van der Waals surface area contributed by atoms with E-state index in [0.717, 1.165) is 12.1 Å². The van der Waals surface area contributed by atoms with Gasteiger partial charge in [-0.2, -0.15) is 0 Å². The van der Waals surface area contributed by atoms with E-state index in [0.29, 0.717) is 5.92 Å². The van der Waals surface area contributed by atoms with Crippen LogP contribution in [0.1, 0.15) is 20.8 Å². The van der Waals surface area contributed by atoms with Crippen LogP contribution in [-0.2, 0) is 4.79 Å². The van der Waals surface area contributed by atoms with Crippen LogP contribution < -0.4 is 0 Å². The van der Waals surface area contributed by atoms with E-state index >= 15 is 0 Å². The maximum atomic E-state index is 9.67. The molecule has 2 N–H and O–H groups in total. The van der Waals surface area contributed by atoms with Crippen molar-refractivity contribution < 1.29 is 15.0 Å². The summed E-state index contributed by atoms with van der Waals surface area (Å²) >= 11 is 0. The summed E-state index contributed by atoms with van der Waals surface area (Å²) in [6.07, 6.45) is -0.304. The third-order valence-electron chi connectivity index (χ3n) is 1.95. The molecule has 0 aromatic rings. The lowest BCUT2D eigenvalue weighted by molar-refractivity contribution is -0.134. The van der Waals surface area contributed by atoms with E-state index in [1.54, 1.807) is 0 Å². The van der Waals surface area contributed by atoms with E-state index in [1.165, 1.54) is 0 Å². The fourth-order valence-corrected chi connectivity index (χ4v) is 2.07. The number of carboxylic acids is 1. The standard InChI is InChI=1S/C9H20OSi.C2H4O2/c1-7(2)9(10)8(3)11(4,5)6;1-2(3)4/h7,9-10H,3H2,1-2,4-6H3;1H3,(H,3,4). The highest BCUT2D eigenvalue weighted by Crippen LogP contribution is 2.20. The van der Waals surface area contributed by atoms with E-state index in [2.05, 4.69) is 26.2 Å². The molecule has 0 heterocycles. The Morgan fingerprint density at radius 2 is 1.53 bits per heavy atom. The molecule has 90 valence electrons. The Bertz CT molecular complexity index is 212. The van der Waals surface area contributed by atoms with Crippen LogP contribution in [0, 0.1) is 5.92 Å². The zero-order valence-corrected chi connectivity index (χ0v) is 11.7. The van der Waals surface area contributed by atoms with Gasteiger partial charge in [-0.15, -0.1) is 6.58 Å². The van der Waals surface area contributed by atoms with Crippen LogP contribution in [0.4, 0.5) is 0 Å². The number of hydrogen-bond acceptors (Lipinski definition) is 2. The molecule has 0 aromatic heterocycles. The van der Waals surface area contributed by atoms with Gasteiger partial charge in [-0.1, -0.05) is 38.7 Å². The Kier molecular flexibility index (Phi) is 7.61. The van der Waals surface area contributed by atoms with Gasteiger partial charge in [0.25, 0.3) is 5.97 Å². The molecule has 0 bridgehead atoms. The summed E-state index contributed by atoms with van der Waals surface area (Å²) in [6, 6.07) is 0. The number of aliphatic hydroxyl groups excluding tert-OH is 1. The molecule has 15 heavy (non-hydrogen) atoms. The van der Waals surface area contributed by atoms with Crippen molar-refractivity contribution in [1.82, 2.24) is 0 Å². The molecule has 0 spiro atoms. The fourth-order valence-electron chi connectivity index (χ4n) is 0.846. The minimum atomic E-state index is -1.33. The summed E-state index contributed by atoms with van der Waals surface area (Å²) in [7, 11) is -1.33. The quantitative estimate of drug-likeness (QED) is 0.735. The second kappa shape index (κ2) is 6.79. The summed E-state index contributed by atoms with van der Waals surface area (Å²) < 4.78 is 0. The molecular weight excluding hydrogens is 208 g/mol. The van der Waals surface area contributed by atoms with Gasteiger partial charge in [-0.05, 0) is 5.92 Å². The van der Waals surface area contributed by atoms with E-state index < -0.39 is 14.0 Å². The smallest absolute Gasteiger partial charge is 0.300 e. The molecule has 0 saturated carbocycles. The number of aliphatic carboxylic acids is 1. The zero-order valence-electron chi connectivity index (χ0n) is 10.7. The molecule has 1 atom stereocenters. The van der Waals surface area contributed by atoms with E-state index in [4.69, 9.17) is 9.90 Å². The van der Waals surface area contributed by atoms with Gasteiger partial charge in [0, 0.05) is 6.92 Å². The van der Waals surface area contributed by atoms with Gasteiger partial charge in [0.2, 0.25) is 0 Å². The van der Waals surface area contributed by atoms with Crippen LogP contribution in [0.3, 0.4) is 0 Å². The first-order valence-corrected chi connectivity index (χ1v) is 8.57. The van der Waals surface area contributed by atoms with Gasteiger partial charge < -0.3 is 10.2 Å². The molecule has 0 fully saturated rings. The van der Waals surface area contributed by atoms with Crippen LogP contribution in [0.25, 0.3) is 0 Å². The fraction of sp³-hybridized carbons (Fsp3) is 0.727. The van der Waals surface area contributed by atoms with Crippen LogP contribution in [-0.4, -0.2) is 30.4 Å². The topological polar surface area (TPSA) is 57.5 Å². The second-order valence-electron chi connectivity index (χ2n) is 4.98. The second-order valence-corrected chi connectivity index (χ2v) is 10.1. The average molecular weight is 232 g/mol. The Morgan fingerprint density at radius 3 is 1.60 bits per heavy atom. The van der Waals surface area contributed by atoms with Crippen molar-refractivity contribution in [1.29, 1.82) is 0 Å². The van der Waals surface area contributed by atoms with Crippen molar-refractivity contribution in [3.05, 3.63) is 11.8 Å². The molecule has 1 unspecified atom stereocenters. The molecule has 3 nitrogen and oxygen atoms in total. The molecule has 0 amide bonds. The normalized spacial score (nSPS) is 12.8. The summed E-state index contributed by atoms with van der Waals surface area (Å²) in [4.78, 5) is 9.00. The predicted molar refractivity (Wildman–Crippen MR) is 66.6 cm³/mol. The van der Waals surface area contributed by atoms with Gasteiger partial charge in [0.05, 0.1) is 14.2 Å². The molecule has 0 aliphatic rings. The number of rotatable bonds is 3. The summed E-state index contributed by atoms with van der Waals surface area (Å²) in [5.41, 5.74) is 0. The van der Waals surface area contributed by atoms with Crippen LogP contribution in [0.5, 0.6) is 0 Å². The number of hydrogen-bond donors (Lipinski definition) is 2. The largest absolute Gasteiger partial charge is 0.481 e. The van der Waals surface area contributed by atoms with Crippen molar-refractivity contribution in [3.8, 4) is 0 Å². The maximum Gasteiger partial charge on any atom is 0.300 e. The molecule has 0 aliphatic heterocycles. The van der Waals surface area contributed by atoms with E-state index in [9.17, 15) is 5.11 Å². The van der Waals surface area contributed by atoms with Gasteiger partial charge in [0.1, 0.15) is 0 Å². The van der Waals surface area contributed by atoms with Crippen molar-refractivity contribution in [2.24, 2.45) is 5.92 Å². The number of carboxylic acid groups (broad SMARTS) is 1. The van der Waals surface area contributed by atoms with Crippen molar-refractivity contribution in [2.45, 2.75) is 46.5 Å². The van der Waals surface area contributed by atoms with E-state index in [-0.39, 0.29) is 6.10 Å². The number of aliphatic hydroxyl groups is 1. The Balaban J connectivity index is 0. The van der Waals surface area contributed by atoms with Crippen LogP contribution in [0.2, 0.25) is 19.6 Å². The first-order valence-electron chi connectivity index (χ1n) is 5.07. The molecular formula is C11H24O3Si. The molecule has 0 aromatic carbocycles. The predicted octanol–water partition coefficient (Wildman–Crippen LogP) is 2.53. The van der Waals surface area contributed by atoms with E-state index in [1.807, 2.05) is 13.8 Å². The zero-order chi connectivity index (χ0) is 12.8. The highest BCUT2D eigenvalue weighted by atomic mass is 28.3. The van der Waals surface area contributed by atoms with Crippen LogP contribution in [0.15, 0.2) is 11.8 Å². The summed E-state index contributed by atoms with van der Waals surface area (Å²) in [6.45, 7) is 15.7. The van der Waals surface area contributed by atoms with Crippen molar-refractivity contribution in [3.63, 3.8) is 0 Å². The van der Waals surface area contributed by atoms with Crippen LogP contribution >= 0.6 is 0 Å². The lowest BCUT2D eigenvalue weighted by Gasteiger charge is -2.26. The number of carbonyl (C=O) groups is 1. The third-order valence-corrected chi connectivity index (χ3v) is 4.17. The SMILES string of the molecule is C=C(C(O)C(C)C)[Si](C)(C)C.CC(=O)O. The van der Waals surface area contributed by atoms with Crippen molar-refractivity contribution in [2.75, 3.05) is 0 Å². The highest BCUT2D eigenvalue weighted by Gasteiger charge is 2.25. The molecule has 0 rings (SSSR count). The lowest BCUT2D eigenvalue weighted by atomic mass is 10.1. The molecule has 0 aliphatic carbocycles.